The normalized spacial score (nSPS) is 10.7. The number of anilines is 1. The van der Waals surface area contributed by atoms with E-state index in [2.05, 4.69) is 20.6 Å². The second-order valence-electron chi connectivity index (χ2n) is 6.34. The Kier molecular flexibility index (Phi) is 5.76. The molecule has 1 amide bonds. The Labute approximate surface area is 180 Å². The minimum absolute atomic E-state index is 0.0415. The zero-order valence-corrected chi connectivity index (χ0v) is 17.1. The Hall–Kier alpha value is -3.99. The van der Waals surface area contributed by atoms with Crippen molar-refractivity contribution >= 4 is 34.7 Å². The zero-order chi connectivity index (χ0) is 21.8. The predicted octanol–water partition coefficient (Wildman–Crippen LogP) is 3.44. The molecule has 2 heterocycles. The van der Waals surface area contributed by atoms with Gasteiger partial charge in [-0.15, -0.1) is 10.2 Å². The van der Waals surface area contributed by atoms with Crippen molar-refractivity contribution in [3.8, 4) is 17.0 Å². The van der Waals surface area contributed by atoms with Gasteiger partial charge in [0.2, 0.25) is 11.1 Å². The van der Waals surface area contributed by atoms with E-state index in [1.54, 1.807) is 17.7 Å². The number of thioether (sulfide) groups is 1. The van der Waals surface area contributed by atoms with Crippen LogP contribution in [0.2, 0.25) is 0 Å². The third-order valence-corrected chi connectivity index (χ3v) is 5.21. The monoisotopic (exact) mass is 436 g/mol. The summed E-state index contributed by atoms with van der Waals surface area (Å²) < 4.78 is 6.85. The SMILES string of the molecule is COc1cccc(-c2ccc3nnc(SCC(=O)Nc4ccc([N+](=O)[O-])cc4)n3n2)c1. The van der Waals surface area contributed by atoms with Gasteiger partial charge in [-0.3, -0.25) is 14.9 Å². The van der Waals surface area contributed by atoms with Gasteiger partial charge in [-0.25, -0.2) is 0 Å². The average molecular weight is 436 g/mol. The Morgan fingerprint density at radius 2 is 1.97 bits per heavy atom. The number of nitrogens with zero attached hydrogens (tertiary/aromatic N) is 5. The largest absolute Gasteiger partial charge is 0.497 e. The molecule has 4 aromatic rings. The van der Waals surface area contributed by atoms with E-state index in [0.29, 0.717) is 22.2 Å². The van der Waals surface area contributed by atoms with Gasteiger partial charge in [0.1, 0.15) is 5.75 Å². The van der Waals surface area contributed by atoms with Crippen LogP contribution in [0.4, 0.5) is 11.4 Å². The summed E-state index contributed by atoms with van der Waals surface area (Å²) in [6.07, 6.45) is 0. The second kappa shape index (κ2) is 8.79. The summed E-state index contributed by atoms with van der Waals surface area (Å²) in [6, 6.07) is 16.8. The fourth-order valence-corrected chi connectivity index (χ4v) is 3.48. The first-order valence-corrected chi connectivity index (χ1v) is 10.1. The molecule has 0 aliphatic carbocycles. The lowest BCUT2D eigenvalue weighted by atomic mass is 10.1. The van der Waals surface area contributed by atoms with Crippen molar-refractivity contribution in [3.63, 3.8) is 0 Å². The molecule has 1 N–H and O–H groups in total. The number of ether oxygens (including phenoxy) is 1. The molecule has 0 aliphatic heterocycles. The average Bonchev–Trinajstić information content (AvgIpc) is 3.20. The van der Waals surface area contributed by atoms with E-state index in [1.165, 1.54) is 36.0 Å². The Bertz CT molecular complexity index is 1260. The van der Waals surface area contributed by atoms with Crippen molar-refractivity contribution in [1.29, 1.82) is 0 Å². The molecule has 4 rings (SSSR count). The van der Waals surface area contributed by atoms with E-state index in [0.717, 1.165) is 11.3 Å². The van der Waals surface area contributed by atoms with Gasteiger partial charge in [0.25, 0.3) is 5.69 Å². The Morgan fingerprint density at radius 1 is 1.16 bits per heavy atom. The molecule has 2 aromatic heterocycles. The van der Waals surface area contributed by atoms with Crippen molar-refractivity contribution in [1.82, 2.24) is 19.8 Å². The minimum Gasteiger partial charge on any atom is -0.497 e. The highest BCUT2D eigenvalue weighted by atomic mass is 32.2. The number of carbonyl (C=O) groups excluding carboxylic acids is 1. The third kappa shape index (κ3) is 4.61. The molecule has 0 bridgehead atoms. The van der Waals surface area contributed by atoms with E-state index in [1.807, 2.05) is 30.3 Å². The van der Waals surface area contributed by atoms with Crippen molar-refractivity contribution in [3.05, 3.63) is 70.8 Å². The maximum Gasteiger partial charge on any atom is 0.269 e. The van der Waals surface area contributed by atoms with E-state index < -0.39 is 4.92 Å². The summed E-state index contributed by atoms with van der Waals surface area (Å²) in [5.74, 6) is 0.517. The lowest BCUT2D eigenvalue weighted by Gasteiger charge is -2.06. The Morgan fingerprint density at radius 3 is 2.71 bits per heavy atom. The highest BCUT2D eigenvalue weighted by molar-refractivity contribution is 7.99. The highest BCUT2D eigenvalue weighted by Crippen LogP contribution is 2.24. The number of nitrogens with one attached hydrogen (secondary N) is 1. The molecule has 156 valence electrons. The van der Waals surface area contributed by atoms with Crippen LogP contribution in [0.5, 0.6) is 5.75 Å². The third-order valence-electron chi connectivity index (χ3n) is 4.29. The van der Waals surface area contributed by atoms with Crippen LogP contribution in [-0.2, 0) is 4.79 Å². The van der Waals surface area contributed by atoms with E-state index in [9.17, 15) is 14.9 Å². The molecule has 0 spiro atoms. The lowest BCUT2D eigenvalue weighted by molar-refractivity contribution is -0.384. The maximum absolute atomic E-state index is 12.3. The number of nitro groups is 1. The van der Waals surface area contributed by atoms with Gasteiger partial charge < -0.3 is 10.1 Å². The molecule has 0 radical (unpaired) electrons. The molecule has 0 saturated carbocycles. The fraction of sp³-hybridized carbons (Fsp3) is 0.100. The van der Waals surface area contributed by atoms with Gasteiger partial charge in [-0.05, 0) is 36.4 Å². The van der Waals surface area contributed by atoms with Gasteiger partial charge in [-0.1, -0.05) is 23.9 Å². The van der Waals surface area contributed by atoms with Crippen LogP contribution in [0, 0.1) is 10.1 Å². The number of hydrogen-bond donors (Lipinski definition) is 1. The summed E-state index contributed by atoms with van der Waals surface area (Å²) in [5.41, 5.74) is 2.58. The highest BCUT2D eigenvalue weighted by Gasteiger charge is 2.13. The van der Waals surface area contributed by atoms with Crippen LogP contribution in [0.15, 0.2) is 65.8 Å². The zero-order valence-electron chi connectivity index (χ0n) is 16.3. The summed E-state index contributed by atoms with van der Waals surface area (Å²) in [6.45, 7) is 0. The molecule has 2 aromatic carbocycles. The first-order valence-electron chi connectivity index (χ1n) is 9.07. The molecule has 10 nitrogen and oxygen atoms in total. The van der Waals surface area contributed by atoms with Crippen molar-refractivity contribution in [2.24, 2.45) is 0 Å². The van der Waals surface area contributed by atoms with Crippen LogP contribution in [0.25, 0.3) is 16.9 Å². The summed E-state index contributed by atoms with van der Waals surface area (Å²) in [7, 11) is 1.60. The number of hydrogen-bond acceptors (Lipinski definition) is 8. The first-order chi connectivity index (χ1) is 15.0. The number of rotatable bonds is 7. The number of amides is 1. The molecule has 0 atom stereocenters. The van der Waals surface area contributed by atoms with Gasteiger partial charge in [0.05, 0.1) is 23.5 Å². The summed E-state index contributed by atoms with van der Waals surface area (Å²) in [5, 5.41) is 26.7. The summed E-state index contributed by atoms with van der Waals surface area (Å²) in [4.78, 5) is 22.5. The smallest absolute Gasteiger partial charge is 0.269 e. The second-order valence-corrected chi connectivity index (χ2v) is 7.29. The van der Waals surface area contributed by atoms with Crippen LogP contribution in [0.1, 0.15) is 0 Å². The van der Waals surface area contributed by atoms with Crippen LogP contribution in [-0.4, -0.2) is 43.5 Å². The molecule has 0 saturated heterocycles. The van der Waals surface area contributed by atoms with E-state index in [-0.39, 0.29) is 17.3 Å². The standard InChI is InChI=1S/C20H16N6O4S/c1-30-16-4-2-3-13(11-16)17-9-10-18-22-23-20(25(18)24-17)31-12-19(27)21-14-5-7-15(8-6-14)26(28)29/h2-11H,12H2,1H3,(H,21,27). The number of aromatic nitrogens is 4. The predicted molar refractivity (Wildman–Crippen MR) is 115 cm³/mol. The van der Waals surface area contributed by atoms with Gasteiger partial charge in [0, 0.05) is 23.4 Å². The van der Waals surface area contributed by atoms with Gasteiger partial charge in [0.15, 0.2) is 5.65 Å². The van der Waals surface area contributed by atoms with Crippen molar-refractivity contribution in [2.45, 2.75) is 5.16 Å². The molecule has 0 unspecified atom stereocenters. The molecule has 31 heavy (non-hydrogen) atoms. The van der Waals surface area contributed by atoms with Crippen molar-refractivity contribution in [2.75, 3.05) is 18.2 Å². The number of nitro benzene ring substituents is 1. The fourth-order valence-electron chi connectivity index (χ4n) is 2.79. The number of non-ortho nitro benzene ring substituents is 1. The van der Waals surface area contributed by atoms with E-state index >= 15 is 0 Å². The van der Waals surface area contributed by atoms with Gasteiger partial charge in [-0.2, -0.15) is 9.61 Å². The molecule has 0 fully saturated rings. The topological polar surface area (TPSA) is 125 Å². The van der Waals surface area contributed by atoms with Crippen LogP contribution in [0.3, 0.4) is 0 Å². The molecule has 0 aliphatic rings. The van der Waals surface area contributed by atoms with Crippen LogP contribution < -0.4 is 10.1 Å². The number of benzene rings is 2. The Balaban J connectivity index is 1.46. The maximum atomic E-state index is 12.3. The van der Waals surface area contributed by atoms with Gasteiger partial charge >= 0.3 is 0 Å². The summed E-state index contributed by atoms with van der Waals surface area (Å²) >= 11 is 1.19. The first kappa shape index (κ1) is 20.3. The molecular formula is C20H16N6O4S. The van der Waals surface area contributed by atoms with Crippen molar-refractivity contribution < 1.29 is 14.5 Å². The minimum atomic E-state index is -0.495. The van der Waals surface area contributed by atoms with Crippen LogP contribution >= 0.6 is 11.8 Å². The number of methoxy groups -OCH3 is 1. The number of fused-ring (bicyclic) bond motifs is 1. The van der Waals surface area contributed by atoms with E-state index in [4.69, 9.17) is 4.74 Å². The lowest BCUT2D eigenvalue weighted by Crippen LogP contribution is -2.14. The quantitative estimate of drug-likeness (QED) is 0.265. The molecule has 11 heteroatoms. The molecular weight excluding hydrogens is 420 g/mol. The number of carbonyl (C=O) groups is 1.